The highest BCUT2D eigenvalue weighted by Crippen LogP contribution is 2.34. The third-order valence-electron chi connectivity index (χ3n) is 6.23. The minimum absolute atomic E-state index is 0.183. The van der Waals surface area contributed by atoms with Gasteiger partial charge in [-0.15, -0.1) is 0 Å². The van der Waals surface area contributed by atoms with E-state index < -0.39 is 0 Å². The summed E-state index contributed by atoms with van der Waals surface area (Å²) in [6.45, 7) is 8.04. The van der Waals surface area contributed by atoms with Crippen LogP contribution in [0.5, 0.6) is 5.75 Å². The molecule has 0 radical (unpaired) electrons. The van der Waals surface area contributed by atoms with Crippen molar-refractivity contribution in [2.24, 2.45) is 7.05 Å². The number of fused-ring (bicyclic) bond motifs is 1. The minimum Gasteiger partial charge on any atom is -0.491 e. The summed E-state index contributed by atoms with van der Waals surface area (Å²) < 4.78 is 7.69. The largest absolute Gasteiger partial charge is 0.491 e. The number of nitrogens with one attached hydrogen (secondary N) is 2. The van der Waals surface area contributed by atoms with E-state index in [1.807, 2.05) is 45.2 Å². The van der Waals surface area contributed by atoms with Gasteiger partial charge in [-0.25, -0.2) is 4.98 Å². The van der Waals surface area contributed by atoms with Gasteiger partial charge in [0.05, 0.1) is 23.4 Å². The molecular formula is C26H33N5O3. The first-order valence-corrected chi connectivity index (χ1v) is 12.0. The van der Waals surface area contributed by atoms with Gasteiger partial charge in [0.25, 0.3) is 11.8 Å². The number of benzene rings is 1. The molecule has 34 heavy (non-hydrogen) atoms. The summed E-state index contributed by atoms with van der Waals surface area (Å²) in [5, 5.41) is 6.68. The second-order valence-corrected chi connectivity index (χ2v) is 8.64. The highest BCUT2D eigenvalue weighted by molar-refractivity contribution is 6.07. The lowest BCUT2D eigenvalue weighted by molar-refractivity contribution is 0.0939. The average molecular weight is 464 g/mol. The number of ether oxygens (including phenoxy) is 1. The first kappa shape index (κ1) is 23.8. The summed E-state index contributed by atoms with van der Waals surface area (Å²) in [7, 11) is 1.82. The van der Waals surface area contributed by atoms with Gasteiger partial charge < -0.3 is 24.8 Å². The van der Waals surface area contributed by atoms with Crippen LogP contribution >= 0.6 is 0 Å². The van der Waals surface area contributed by atoms with E-state index in [2.05, 4.69) is 15.5 Å². The number of carbonyl (C=O) groups excluding carboxylic acids is 2. The Labute approximate surface area is 200 Å². The van der Waals surface area contributed by atoms with E-state index in [0.29, 0.717) is 52.6 Å². The molecule has 180 valence electrons. The van der Waals surface area contributed by atoms with Crippen LogP contribution in [-0.4, -0.2) is 59.1 Å². The second kappa shape index (κ2) is 10.7. The van der Waals surface area contributed by atoms with Crippen molar-refractivity contribution in [2.75, 3.05) is 38.1 Å². The van der Waals surface area contributed by atoms with Crippen LogP contribution in [0.15, 0.2) is 36.4 Å². The Morgan fingerprint density at radius 2 is 1.85 bits per heavy atom. The summed E-state index contributed by atoms with van der Waals surface area (Å²) in [5.41, 5.74) is 2.90. The summed E-state index contributed by atoms with van der Waals surface area (Å²) >= 11 is 0. The molecule has 8 heteroatoms. The van der Waals surface area contributed by atoms with Gasteiger partial charge in [-0.05, 0) is 70.9 Å². The highest BCUT2D eigenvalue weighted by atomic mass is 16.5. The van der Waals surface area contributed by atoms with Crippen LogP contribution in [0.2, 0.25) is 0 Å². The number of rotatable bonds is 9. The number of nitrogens with zero attached hydrogens (tertiary/aromatic N) is 3. The SMILES string of the molecule is CCOc1c(C(=O)NCCCN2CCCC2)n(C)c2nc(C)c(NC(=O)c3ccccc3)cc12. The van der Waals surface area contributed by atoms with Gasteiger partial charge in [0, 0.05) is 19.2 Å². The molecule has 3 heterocycles. The number of aryl methyl sites for hydroxylation is 2. The molecule has 1 aromatic carbocycles. The number of hydrogen-bond donors (Lipinski definition) is 2. The molecule has 0 unspecified atom stereocenters. The average Bonchev–Trinajstić information content (AvgIpc) is 3.45. The molecule has 0 spiro atoms. The van der Waals surface area contributed by atoms with Crippen LogP contribution in [0.25, 0.3) is 11.0 Å². The maximum absolute atomic E-state index is 13.1. The number of likely N-dealkylation sites (tertiary alicyclic amines) is 1. The van der Waals surface area contributed by atoms with E-state index in [0.717, 1.165) is 26.1 Å². The van der Waals surface area contributed by atoms with Crippen molar-refractivity contribution >= 4 is 28.5 Å². The number of amides is 2. The van der Waals surface area contributed by atoms with Crippen molar-refractivity contribution in [3.05, 3.63) is 53.3 Å². The van der Waals surface area contributed by atoms with Crippen molar-refractivity contribution in [2.45, 2.75) is 33.1 Å². The zero-order valence-corrected chi connectivity index (χ0v) is 20.2. The number of anilines is 1. The van der Waals surface area contributed by atoms with Gasteiger partial charge in [-0.1, -0.05) is 18.2 Å². The predicted octanol–water partition coefficient (Wildman–Crippen LogP) is 3.75. The number of pyridine rings is 1. The molecule has 8 nitrogen and oxygen atoms in total. The van der Waals surface area contributed by atoms with Crippen LogP contribution < -0.4 is 15.4 Å². The molecule has 3 aromatic rings. The third kappa shape index (κ3) is 5.07. The smallest absolute Gasteiger partial charge is 0.271 e. The Balaban J connectivity index is 1.57. The van der Waals surface area contributed by atoms with E-state index >= 15 is 0 Å². The number of hydrogen-bond acceptors (Lipinski definition) is 5. The number of carbonyl (C=O) groups is 2. The Hall–Kier alpha value is -3.39. The lowest BCUT2D eigenvalue weighted by atomic mass is 10.2. The van der Waals surface area contributed by atoms with Gasteiger partial charge >= 0.3 is 0 Å². The molecule has 0 saturated carbocycles. The van der Waals surface area contributed by atoms with E-state index in [9.17, 15) is 9.59 Å². The van der Waals surface area contributed by atoms with Crippen LogP contribution in [0.1, 0.15) is 52.7 Å². The topological polar surface area (TPSA) is 88.5 Å². The van der Waals surface area contributed by atoms with Crippen molar-refractivity contribution in [1.29, 1.82) is 0 Å². The fourth-order valence-electron chi connectivity index (χ4n) is 4.45. The molecule has 2 amide bonds. The van der Waals surface area contributed by atoms with Crippen molar-refractivity contribution < 1.29 is 14.3 Å². The summed E-state index contributed by atoms with van der Waals surface area (Å²) in [6, 6.07) is 10.9. The molecule has 0 bridgehead atoms. The second-order valence-electron chi connectivity index (χ2n) is 8.64. The molecule has 4 rings (SSSR count). The van der Waals surface area contributed by atoms with Gasteiger partial charge in [-0.3, -0.25) is 9.59 Å². The zero-order valence-electron chi connectivity index (χ0n) is 20.2. The Kier molecular flexibility index (Phi) is 7.47. The van der Waals surface area contributed by atoms with Crippen LogP contribution in [-0.2, 0) is 7.05 Å². The Morgan fingerprint density at radius 1 is 1.12 bits per heavy atom. The fourth-order valence-corrected chi connectivity index (χ4v) is 4.45. The van der Waals surface area contributed by atoms with Crippen LogP contribution in [0.4, 0.5) is 5.69 Å². The first-order chi connectivity index (χ1) is 16.5. The van der Waals surface area contributed by atoms with Crippen LogP contribution in [0.3, 0.4) is 0 Å². The molecular weight excluding hydrogens is 430 g/mol. The normalized spacial score (nSPS) is 13.9. The van der Waals surface area contributed by atoms with Gasteiger partial charge in [0.15, 0.2) is 11.4 Å². The zero-order chi connectivity index (χ0) is 24.1. The van der Waals surface area contributed by atoms with Crippen molar-refractivity contribution in [3.63, 3.8) is 0 Å². The molecule has 1 saturated heterocycles. The molecule has 1 aliphatic heterocycles. The van der Waals surface area contributed by atoms with E-state index in [1.165, 1.54) is 12.8 Å². The third-order valence-corrected chi connectivity index (χ3v) is 6.23. The minimum atomic E-state index is -0.213. The molecule has 0 atom stereocenters. The Morgan fingerprint density at radius 3 is 2.56 bits per heavy atom. The molecule has 2 aromatic heterocycles. The summed E-state index contributed by atoms with van der Waals surface area (Å²) in [6.07, 6.45) is 3.44. The first-order valence-electron chi connectivity index (χ1n) is 12.0. The summed E-state index contributed by atoms with van der Waals surface area (Å²) in [5.74, 6) is 0.0901. The highest BCUT2D eigenvalue weighted by Gasteiger charge is 2.25. The Bertz CT molecular complexity index is 1170. The van der Waals surface area contributed by atoms with E-state index in [-0.39, 0.29) is 11.8 Å². The maximum Gasteiger partial charge on any atom is 0.271 e. The quantitative estimate of drug-likeness (QED) is 0.472. The van der Waals surface area contributed by atoms with Gasteiger partial charge in [-0.2, -0.15) is 0 Å². The standard InChI is InChI=1S/C26H33N5O3/c1-4-34-23-20-17-21(29-25(32)19-11-6-5-7-12-19)18(2)28-24(20)30(3)22(23)26(33)27-13-10-16-31-14-8-9-15-31/h5-7,11-12,17H,4,8-10,13-16H2,1-3H3,(H,27,33)(H,29,32). The van der Waals surface area contributed by atoms with Crippen molar-refractivity contribution in [3.8, 4) is 5.75 Å². The van der Waals surface area contributed by atoms with Gasteiger partial charge in [0.2, 0.25) is 0 Å². The molecule has 1 aliphatic rings. The lowest BCUT2D eigenvalue weighted by Gasteiger charge is -2.14. The molecule has 0 aliphatic carbocycles. The van der Waals surface area contributed by atoms with E-state index in [4.69, 9.17) is 9.72 Å². The molecule has 2 N–H and O–H groups in total. The monoisotopic (exact) mass is 463 g/mol. The van der Waals surface area contributed by atoms with E-state index in [1.54, 1.807) is 16.7 Å². The molecule has 1 fully saturated rings. The predicted molar refractivity (Wildman–Crippen MR) is 134 cm³/mol. The lowest BCUT2D eigenvalue weighted by Crippen LogP contribution is -2.30. The summed E-state index contributed by atoms with van der Waals surface area (Å²) in [4.78, 5) is 33.0. The fraction of sp³-hybridized carbons (Fsp3) is 0.423. The number of aromatic nitrogens is 2. The maximum atomic E-state index is 13.1. The van der Waals surface area contributed by atoms with Crippen molar-refractivity contribution in [1.82, 2.24) is 19.8 Å². The van der Waals surface area contributed by atoms with Crippen LogP contribution in [0, 0.1) is 6.92 Å². The van der Waals surface area contributed by atoms with Gasteiger partial charge in [0.1, 0.15) is 5.65 Å².